The van der Waals surface area contributed by atoms with Gasteiger partial charge in [-0.15, -0.1) is 11.8 Å². The van der Waals surface area contributed by atoms with Crippen LogP contribution in [0.25, 0.3) is 0 Å². The summed E-state index contributed by atoms with van der Waals surface area (Å²) in [4.78, 5) is 13.3. The van der Waals surface area contributed by atoms with Gasteiger partial charge in [-0.25, -0.2) is 4.79 Å². The van der Waals surface area contributed by atoms with Crippen LogP contribution in [0.2, 0.25) is 5.04 Å². The van der Waals surface area contributed by atoms with Gasteiger partial charge in [-0.05, 0) is 38.9 Å². The molecule has 0 aromatic heterocycles. The Bertz CT molecular complexity index is 1410. The number of benzene rings is 4. The van der Waals surface area contributed by atoms with Gasteiger partial charge in [-0.1, -0.05) is 137 Å². The molecule has 4 aromatic rings. The molecule has 7 heteroatoms. The Balaban J connectivity index is 1.49. The third kappa shape index (κ3) is 7.19. The lowest BCUT2D eigenvalue weighted by molar-refractivity contribution is -0.0643. The zero-order valence-corrected chi connectivity index (χ0v) is 27.7. The molecule has 0 unspecified atom stereocenters. The first-order valence-electron chi connectivity index (χ1n) is 15.3. The highest BCUT2D eigenvalue weighted by Gasteiger charge is 2.53. The molecule has 44 heavy (non-hydrogen) atoms. The first-order chi connectivity index (χ1) is 21.3. The number of ether oxygens (including phenoxy) is 3. The van der Waals surface area contributed by atoms with Gasteiger partial charge in [0, 0.05) is 0 Å². The number of hydrogen-bond donors (Lipinski definition) is 0. The van der Waals surface area contributed by atoms with Crippen LogP contribution in [0, 0.1) is 0 Å². The fourth-order valence-corrected chi connectivity index (χ4v) is 11.5. The number of esters is 1. The molecular formula is C37H42O5SSi. The summed E-state index contributed by atoms with van der Waals surface area (Å²) in [5, 5.41) is 2.21. The van der Waals surface area contributed by atoms with Crippen LogP contribution in [0.15, 0.2) is 121 Å². The number of rotatable bonds is 12. The fraction of sp³-hybridized carbons (Fsp3) is 0.324. The second-order valence-electron chi connectivity index (χ2n) is 12.0. The molecule has 1 fully saturated rings. The van der Waals surface area contributed by atoms with Crippen LogP contribution in [0.4, 0.5) is 0 Å². The minimum absolute atomic E-state index is 0.189. The van der Waals surface area contributed by atoms with E-state index in [-0.39, 0.29) is 16.4 Å². The van der Waals surface area contributed by atoms with E-state index in [0.29, 0.717) is 18.8 Å². The Hall–Kier alpha value is -3.20. The van der Waals surface area contributed by atoms with Crippen molar-refractivity contribution in [2.75, 3.05) is 12.4 Å². The molecule has 0 spiro atoms. The minimum Gasteiger partial charge on any atom is -0.452 e. The maximum absolute atomic E-state index is 13.3. The molecule has 230 valence electrons. The molecule has 1 aliphatic heterocycles. The summed E-state index contributed by atoms with van der Waals surface area (Å²) in [6, 6.07) is 40.3. The summed E-state index contributed by atoms with van der Waals surface area (Å²) in [5.74, 6) is 0.417. The van der Waals surface area contributed by atoms with Gasteiger partial charge < -0.3 is 18.6 Å². The predicted octanol–water partition coefficient (Wildman–Crippen LogP) is 6.85. The van der Waals surface area contributed by atoms with Crippen molar-refractivity contribution < 1.29 is 23.4 Å². The summed E-state index contributed by atoms with van der Waals surface area (Å²) >= 11 is 1.62. The van der Waals surface area contributed by atoms with Crippen LogP contribution in [0.1, 0.15) is 43.6 Å². The van der Waals surface area contributed by atoms with Crippen LogP contribution >= 0.6 is 11.8 Å². The van der Waals surface area contributed by atoms with Gasteiger partial charge in [-0.3, -0.25) is 0 Å². The molecule has 0 aliphatic carbocycles. The lowest BCUT2D eigenvalue weighted by Crippen LogP contribution is -2.67. The van der Waals surface area contributed by atoms with E-state index in [2.05, 4.69) is 76.2 Å². The Morgan fingerprint density at radius 3 is 1.82 bits per heavy atom. The van der Waals surface area contributed by atoms with E-state index in [4.69, 9.17) is 18.6 Å². The minimum atomic E-state index is -2.83. The van der Waals surface area contributed by atoms with Crippen LogP contribution in [-0.2, 0) is 25.2 Å². The average molecular weight is 627 g/mol. The lowest BCUT2D eigenvalue weighted by atomic mass is 10.1. The molecule has 0 radical (unpaired) electrons. The van der Waals surface area contributed by atoms with Crippen LogP contribution < -0.4 is 10.4 Å². The Labute approximate surface area is 267 Å². The van der Waals surface area contributed by atoms with Crippen LogP contribution in [0.3, 0.4) is 0 Å². The summed E-state index contributed by atoms with van der Waals surface area (Å²) in [6.07, 6.45) is -1.58. The summed E-state index contributed by atoms with van der Waals surface area (Å²) in [7, 11) is -2.83. The number of carbonyl (C=O) groups is 1. The summed E-state index contributed by atoms with van der Waals surface area (Å²) < 4.78 is 26.8. The van der Waals surface area contributed by atoms with E-state index in [1.165, 1.54) is 10.4 Å². The van der Waals surface area contributed by atoms with Crippen molar-refractivity contribution in [3.05, 3.63) is 132 Å². The number of hydrogen-bond acceptors (Lipinski definition) is 6. The normalized spacial score (nSPS) is 20.4. The highest BCUT2D eigenvalue weighted by molar-refractivity contribution is 7.99. The van der Waals surface area contributed by atoms with E-state index < -0.39 is 26.6 Å². The Morgan fingerprint density at radius 1 is 0.773 bits per heavy atom. The first kappa shape index (κ1) is 32.2. The quantitative estimate of drug-likeness (QED) is 0.127. The third-order valence-electron chi connectivity index (χ3n) is 8.02. The monoisotopic (exact) mass is 626 g/mol. The highest BCUT2D eigenvalue weighted by atomic mass is 32.2. The van der Waals surface area contributed by atoms with E-state index in [9.17, 15) is 4.79 Å². The lowest BCUT2D eigenvalue weighted by Gasteiger charge is -2.43. The standard InChI is InChI=1S/C37H42O5SSi/c1-5-43-36-34(42-35(38)29-20-12-7-13-21-29)33(39-26-28-18-10-6-11-19-28)32(41-36)27-40-44(37(2,3)4,30-22-14-8-15-23-30)31-24-16-9-17-25-31/h6-25,32-34,36H,5,26-27H2,1-4H3/t32-,33-,34+,36-/m1/s1. The van der Waals surface area contributed by atoms with Crippen molar-refractivity contribution in [1.82, 2.24) is 0 Å². The van der Waals surface area contributed by atoms with Gasteiger partial charge in [0.05, 0.1) is 18.8 Å². The van der Waals surface area contributed by atoms with Gasteiger partial charge in [0.1, 0.15) is 17.6 Å². The van der Waals surface area contributed by atoms with Crippen LogP contribution in [-0.4, -0.2) is 50.4 Å². The summed E-state index contributed by atoms with van der Waals surface area (Å²) in [5.41, 5.74) is 1.15. The Morgan fingerprint density at radius 2 is 1.30 bits per heavy atom. The van der Waals surface area contributed by atoms with E-state index in [1.54, 1.807) is 23.9 Å². The van der Waals surface area contributed by atoms with Crippen molar-refractivity contribution >= 4 is 36.4 Å². The largest absolute Gasteiger partial charge is 0.452 e. The SMILES string of the molecule is CCS[C@H]1O[C@H](CO[Si](c2ccccc2)(c2ccccc2)C(C)(C)C)[C@@H](OCc2ccccc2)[C@@H]1OC(=O)c1ccccc1. The second kappa shape index (κ2) is 14.7. The molecule has 1 heterocycles. The predicted molar refractivity (Wildman–Crippen MR) is 181 cm³/mol. The maximum atomic E-state index is 13.3. The van der Waals surface area contributed by atoms with Crippen molar-refractivity contribution in [1.29, 1.82) is 0 Å². The van der Waals surface area contributed by atoms with Gasteiger partial charge >= 0.3 is 5.97 Å². The molecule has 0 saturated carbocycles. The second-order valence-corrected chi connectivity index (χ2v) is 17.7. The zero-order valence-electron chi connectivity index (χ0n) is 25.9. The van der Waals surface area contributed by atoms with Gasteiger partial charge in [0.25, 0.3) is 8.32 Å². The van der Waals surface area contributed by atoms with E-state index >= 15 is 0 Å². The molecule has 4 aromatic carbocycles. The smallest absolute Gasteiger partial charge is 0.338 e. The van der Waals surface area contributed by atoms with Gasteiger partial charge in [-0.2, -0.15) is 0 Å². The van der Waals surface area contributed by atoms with Crippen molar-refractivity contribution in [3.8, 4) is 0 Å². The molecule has 0 amide bonds. The third-order valence-corrected chi connectivity index (χ3v) is 14.1. The topological polar surface area (TPSA) is 54.0 Å². The first-order valence-corrected chi connectivity index (χ1v) is 18.2. The van der Waals surface area contributed by atoms with Crippen molar-refractivity contribution in [2.24, 2.45) is 0 Å². The fourth-order valence-electron chi connectivity index (χ4n) is 5.95. The van der Waals surface area contributed by atoms with E-state index in [0.717, 1.165) is 11.3 Å². The highest BCUT2D eigenvalue weighted by Crippen LogP contribution is 2.39. The number of carbonyl (C=O) groups excluding carboxylic acids is 1. The van der Waals surface area contributed by atoms with Gasteiger partial charge in [0.2, 0.25) is 0 Å². The van der Waals surface area contributed by atoms with Crippen molar-refractivity contribution in [2.45, 2.75) is 63.1 Å². The summed E-state index contributed by atoms with van der Waals surface area (Å²) in [6.45, 7) is 9.53. The molecule has 0 N–H and O–H groups in total. The van der Waals surface area contributed by atoms with E-state index in [1.807, 2.05) is 60.7 Å². The average Bonchev–Trinajstić information content (AvgIpc) is 3.37. The molecule has 1 saturated heterocycles. The molecule has 5 nitrogen and oxygen atoms in total. The number of thioether (sulfide) groups is 1. The molecule has 5 rings (SSSR count). The van der Waals surface area contributed by atoms with Crippen LogP contribution in [0.5, 0.6) is 0 Å². The van der Waals surface area contributed by atoms with Crippen molar-refractivity contribution in [3.63, 3.8) is 0 Å². The Kier molecular flexibility index (Phi) is 10.8. The zero-order chi connectivity index (χ0) is 31.0. The molecule has 4 atom stereocenters. The maximum Gasteiger partial charge on any atom is 0.338 e. The molecular weight excluding hydrogens is 585 g/mol. The molecule has 1 aliphatic rings. The van der Waals surface area contributed by atoms with Gasteiger partial charge in [0.15, 0.2) is 6.10 Å². The molecule has 0 bridgehead atoms.